The lowest BCUT2D eigenvalue weighted by Crippen LogP contribution is -2.00. The lowest BCUT2D eigenvalue weighted by Gasteiger charge is -1.99. The molecule has 0 rings (SSSR count). The molecule has 4 nitrogen and oxygen atoms in total. The van der Waals surface area contributed by atoms with Gasteiger partial charge in [0.05, 0.1) is 0 Å². The summed E-state index contributed by atoms with van der Waals surface area (Å²) >= 11 is 0. The smallest absolute Gasteiger partial charge is 0.367 e. The second-order valence-electron chi connectivity index (χ2n) is 1.75. The van der Waals surface area contributed by atoms with E-state index in [1.54, 1.807) is 0 Å². The maximum atomic E-state index is 10.6. The summed E-state index contributed by atoms with van der Waals surface area (Å²) in [6.45, 7) is 6.68. The lowest BCUT2D eigenvalue weighted by molar-refractivity contribution is -0.130. The average Bonchev–Trinajstić information content (AvgIpc) is 1.86. The number of rotatable bonds is 4. The van der Waals surface area contributed by atoms with Gasteiger partial charge in [-0.3, -0.25) is 0 Å². The zero-order chi connectivity index (χ0) is 8.85. The van der Waals surface area contributed by atoms with Gasteiger partial charge in [0, 0.05) is 5.57 Å². The van der Waals surface area contributed by atoms with Gasteiger partial charge in [0.25, 0.3) is 0 Å². The third-order valence-corrected chi connectivity index (χ3v) is 1.22. The highest BCUT2D eigenvalue weighted by Crippen LogP contribution is 2.17. The van der Waals surface area contributed by atoms with Gasteiger partial charge in [-0.2, -0.15) is 0 Å². The van der Waals surface area contributed by atoms with Crippen LogP contribution in [0, 0.1) is 0 Å². The van der Waals surface area contributed by atoms with Crippen LogP contribution in [0.3, 0.4) is 0 Å². The Morgan fingerprint density at radius 1 is 1.73 bits per heavy atom. The summed E-state index contributed by atoms with van der Waals surface area (Å²) in [5.74, 6) is -0.851. The molecule has 0 bridgehead atoms. The van der Waals surface area contributed by atoms with Crippen LogP contribution in [-0.4, -0.2) is 10.9 Å². The molecule has 0 aliphatic carbocycles. The van der Waals surface area contributed by atoms with E-state index in [0.717, 1.165) is 0 Å². The van der Waals surface area contributed by atoms with E-state index >= 15 is 0 Å². The third kappa shape index (κ3) is 4.53. The molecule has 0 spiro atoms. The molecule has 1 unspecified atom stereocenters. The molecule has 0 aromatic heterocycles. The first-order valence-corrected chi connectivity index (χ1v) is 4.08. The van der Waals surface area contributed by atoms with Crippen molar-refractivity contribution in [1.29, 1.82) is 0 Å². The SMILES string of the molecule is C=CCC(=C)C(=O)O[PH](=O)O. The standard InChI is InChI=1S/C6H9O4P/c1-3-4-5(2)6(7)10-11(8)9/h3,11H,1-2,4H2,(H,8,9). The average molecular weight is 176 g/mol. The zero-order valence-corrected chi connectivity index (χ0v) is 6.87. The van der Waals surface area contributed by atoms with Crippen LogP contribution in [0.15, 0.2) is 24.8 Å². The summed E-state index contributed by atoms with van der Waals surface area (Å²) in [5.41, 5.74) is 0.118. The van der Waals surface area contributed by atoms with Crippen LogP contribution in [0.2, 0.25) is 0 Å². The van der Waals surface area contributed by atoms with E-state index in [2.05, 4.69) is 17.7 Å². The van der Waals surface area contributed by atoms with E-state index in [1.165, 1.54) is 6.08 Å². The molecule has 0 fully saturated rings. The molecule has 0 aromatic carbocycles. The second kappa shape index (κ2) is 4.88. The summed E-state index contributed by atoms with van der Waals surface area (Å²) in [5, 5.41) is 0. The van der Waals surface area contributed by atoms with Crippen LogP contribution < -0.4 is 0 Å². The highest BCUT2D eigenvalue weighted by Gasteiger charge is 2.08. The molecule has 11 heavy (non-hydrogen) atoms. The van der Waals surface area contributed by atoms with Crippen molar-refractivity contribution < 1.29 is 18.8 Å². The number of hydrogen-bond acceptors (Lipinski definition) is 3. The summed E-state index contributed by atoms with van der Waals surface area (Å²) in [6, 6.07) is 0. The minimum atomic E-state index is -3.19. The highest BCUT2D eigenvalue weighted by molar-refractivity contribution is 7.32. The molecule has 0 saturated heterocycles. The second-order valence-corrected chi connectivity index (χ2v) is 2.49. The Balaban J connectivity index is 3.93. The van der Waals surface area contributed by atoms with Gasteiger partial charge < -0.3 is 9.42 Å². The van der Waals surface area contributed by atoms with Crippen molar-refractivity contribution in [3.05, 3.63) is 24.8 Å². The van der Waals surface area contributed by atoms with Gasteiger partial charge >= 0.3 is 14.2 Å². The fraction of sp³-hybridized carbons (Fsp3) is 0.167. The quantitative estimate of drug-likeness (QED) is 0.395. The normalized spacial score (nSPS) is 11.7. The van der Waals surface area contributed by atoms with Crippen LogP contribution in [0.1, 0.15) is 6.42 Å². The largest absolute Gasteiger partial charge is 0.390 e. The monoisotopic (exact) mass is 176 g/mol. The molecule has 0 heterocycles. The molecule has 0 saturated carbocycles. The molecule has 62 valence electrons. The Morgan fingerprint density at radius 2 is 2.27 bits per heavy atom. The van der Waals surface area contributed by atoms with Crippen molar-refractivity contribution in [3.8, 4) is 0 Å². The van der Waals surface area contributed by atoms with Crippen LogP contribution in [0.5, 0.6) is 0 Å². The maximum Gasteiger partial charge on any atom is 0.367 e. The first kappa shape index (κ1) is 10.1. The van der Waals surface area contributed by atoms with Crippen LogP contribution >= 0.6 is 8.25 Å². The molecule has 0 amide bonds. The minimum Gasteiger partial charge on any atom is -0.390 e. The molecule has 0 aliphatic heterocycles. The third-order valence-electron chi connectivity index (χ3n) is 0.859. The summed E-state index contributed by atoms with van der Waals surface area (Å²) in [6.07, 6.45) is 1.71. The summed E-state index contributed by atoms with van der Waals surface area (Å²) in [7, 11) is -3.19. The molecule has 0 radical (unpaired) electrons. The van der Waals surface area contributed by atoms with Gasteiger partial charge in [-0.15, -0.1) is 6.58 Å². The number of carbonyl (C=O) groups is 1. The van der Waals surface area contributed by atoms with Gasteiger partial charge in [-0.1, -0.05) is 12.7 Å². The van der Waals surface area contributed by atoms with E-state index < -0.39 is 14.2 Å². The predicted molar refractivity (Wildman–Crippen MR) is 41.3 cm³/mol. The van der Waals surface area contributed by atoms with E-state index in [0.29, 0.717) is 0 Å². The molecule has 0 aromatic rings. The number of carbonyl (C=O) groups excluding carboxylic acids is 1. The molecule has 1 atom stereocenters. The fourth-order valence-electron chi connectivity index (χ4n) is 0.409. The van der Waals surface area contributed by atoms with E-state index in [1.807, 2.05) is 0 Å². The minimum absolute atomic E-state index is 0.118. The summed E-state index contributed by atoms with van der Waals surface area (Å²) < 4.78 is 14.0. The van der Waals surface area contributed by atoms with Gasteiger partial charge in [0.15, 0.2) is 0 Å². The van der Waals surface area contributed by atoms with Crippen molar-refractivity contribution in [2.45, 2.75) is 6.42 Å². The van der Waals surface area contributed by atoms with Crippen molar-refractivity contribution in [2.24, 2.45) is 0 Å². The van der Waals surface area contributed by atoms with Crippen LogP contribution in [-0.2, 0) is 13.9 Å². The topological polar surface area (TPSA) is 63.6 Å². The highest BCUT2D eigenvalue weighted by atomic mass is 31.1. The number of hydrogen-bond donors (Lipinski definition) is 1. The van der Waals surface area contributed by atoms with Crippen LogP contribution in [0.4, 0.5) is 0 Å². The first-order chi connectivity index (χ1) is 5.07. The van der Waals surface area contributed by atoms with Gasteiger partial charge in [0.1, 0.15) is 0 Å². The molecule has 5 heteroatoms. The Kier molecular flexibility index (Phi) is 4.50. The first-order valence-electron chi connectivity index (χ1n) is 2.81. The molecule has 0 aliphatic rings. The zero-order valence-electron chi connectivity index (χ0n) is 5.87. The lowest BCUT2D eigenvalue weighted by atomic mass is 10.2. The van der Waals surface area contributed by atoms with Gasteiger partial charge in [-0.25, -0.2) is 9.36 Å². The fourth-order valence-corrected chi connectivity index (χ4v) is 0.712. The maximum absolute atomic E-state index is 10.6. The van der Waals surface area contributed by atoms with Gasteiger partial charge in [-0.05, 0) is 6.42 Å². The van der Waals surface area contributed by atoms with E-state index in [9.17, 15) is 9.36 Å². The van der Waals surface area contributed by atoms with E-state index in [4.69, 9.17) is 4.89 Å². The van der Waals surface area contributed by atoms with Crippen molar-refractivity contribution in [1.82, 2.24) is 0 Å². The van der Waals surface area contributed by atoms with Gasteiger partial charge in [0.2, 0.25) is 0 Å². The predicted octanol–water partition coefficient (Wildman–Crippen LogP) is 1.04. The molecular formula is C6H9O4P. The molecular weight excluding hydrogens is 167 g/mol. The Morgan fingerprint density at radius 3 is 2.64 bits per heavy atom. The number of allylic oxidation sites excluding steroid dienone is 1. The van der Waals surface area contributed by atoms with E-state index in [-0.39, 0.29) is 12.0 Å². The summed E-state index contributed by atoms with van der Waals surface area (Å²) in [4.78, 5) is 18.8. The van der Waals surface area contributed by atoms with Crippen LogP contribution in [0.25, 0.3) is 0 Å². The van der Waals surface area contributed by atoms with Crippen molar-refractivity contribution >= 4 is 14.2 Å². The van der Waals surface area contributed by atoms with Crippen molar-refractivity contribution in [3.63, 3.8) is 0 Å². The Bertz CT molecular complexity index is 209. The van der Waals surface area contributed by atoms with Crippen molar-refractivity contribution in [2.75, 3.05) is 0 Å². The Hall–Kier alpha value is -0.860. The molecule has 1 N–H and O–H groups in total. The Labute approximate surface area is 65.1 Å².